The SMILES string of the molecule is C(#Cc1ccc(C#Cc2ccc(-c3ccccc3)cc2)s1)c1ccc(-c2ccccc2)cc1. The van der Waals surface area contributed by atoms with Crippen LogP contribution in [0, 0.1) is 23.7 Å². The zero-order valence-corrected chi connectivity index (χ0v) is 18.8. The van der Waals surface area contributed by atoms with Gasteiger partial charge in [0.15, 0.2) is 0 Å². The third-order valence-electron chi connectivity index (χ3n) is 5.25. The van der Waals surface area contributed by atoms with Crippen molar-refractivity contribution in [3.8, 4) is 45.9 Å². The zero-order chi connectivity index (χ0) is 22.3. The summed E-state index contributed by atoms with van der Waals surface area (Å²) in [5.41, 5.74) is 6.85. The topological polar surface area (TPSA) is 0 Å². The first-order valence-corrected chi connectivity index (χ1v) is 11.6. The van der Waals surface area contributed by atoms with Crippen LogP contribution in [0.25, 0.3) is 22.3 Å². The lowest BCUT2D eigenvalue weighted by atomic mass is 10.0. The summed E-state index contributed by atoms with van der Waals surface area (Å²) in [7, 11) is 0. The van der Waals surface area contributed by atoms with Gasteiger partial charge in [0.2, 0.25) is 0 Å². The molecule has 0 spiro atoms. The van der Waals surface area contributed by atoms with Crippen molar-refractivity contribution >= 4 is 11.3 Å². The van der Waals surface area contributed by atoms with Crippen molar-refractivity contribution in [1.82, 2.24) is 0 Å². The fraction of sp³-hybridized carbons (Fsp3) is 0. The molecule has 0 aliphatic rings. The van der Waals surface area contributed by atoms with Crippen LogP contribution in [0.5, 0.6) is 0 Å². The molecule has 0 saturated heterocycles. The van der Waals surface area contributed by atoms with Crippen molar-refractivity contribution in [2.24, 2.45) is 0 Å². The molecular formula is C32H20S. The predicted octanol–water partition coefficient (Wildman–Crippen LogP) is 7.88. The van der Waals surface area contributed by atoms with Crippen LogP contribution in [-0.2, 0) is 0 Å². The van der Waals surface area contributed by atoms with Crippen molar-refractivity contribution in [2.45, 2.75) is 0 Å². The van der Waals surface area contributed by atoms with E-state index < -0.39 is 0 Å². The van der Waals surface area contributed by atoms with Gasteiger partial charge in [0.1, 0.15) is 0 Å². The third-order valence-corrected chi connectivity index (χ3v) is 6.17. The van der Waals surface area contributed by atoms with Gasteiger partial charge in [0.05, 0.1) is 9.75 Å². The number of thiophene rings is 1. The Bertz CT molecular complexity index is 1350. The quantitative estimate of drug-likeness (QED) is 0.247. The molecular weight excluding hydrogens is 416 g/mol. The van der Waals surface area contributed by atoms with Gasteiger partial charge >= 0.3 is 0 Å². The highest BCUT2D eigenvalue weighted by Gasteiger charge is 1.98. The summed E-state index contributed by atoms with van der Waals surface area (Å²) < 4.78 is 0. The Kier molecular flexibility index (Phi) is 6.17. The Morgan fingerprint density at radius 3 is 1.09 bits per heavy atom. The van der Waals surface area contributed by atoms with Crippen molar-refractivity contribution in [1.29, 1.82) is 0 Å². The summed E-state index contributed by atoms with van der Waals surface area (Å²) in [5, 5.41) is 0. The van der Waals surface area contributed by atoms with Crippen molar-refractivity contribution in [3.63, 3.8) is 0 Å². The second kappa shape index (κ2) is 9.88. The van der Waals surface area contributed by atoms with Crippen LogP contribution in [-0.4, -0.2) is 0 Å². The van der Waals surface area contributed by atoms with E-state index in [-0.39, 0.29) is 0 Å². The summed E-state index contributed by atoms with van der Waals surface area (Å²) in [4.78, 5) is 2.04. The minimum absolute atomic E-state index is 1.01. The van der Waals surface area contributed by atoms with Crippen molar-refractivity contribution in [3.05, 3.63) is 142 Å². The second-order valence-electron chi connectivity index (χ2n) is 7.55. The number of hydrogen-bond acceptors (Lipinski definition) is 1. The summed E-state index contributed by atoms with van der Waals surface area (Å²) in [6.45, 7) is 0. The summed E-state index contributed by atoms with van der Waals surface area (Å²) in [5.74, 6) is 13.1. The Hall–Kier alpha value is -4.30. The Labute approximate surface area is 199 Å². The van der Waals surface area contributed by atoms with Crippen LogP contribution in [0.4, 0.5) is 0 Å². The number of benzene rings is 4. The van der Waals surface area contributed by atoms with Gasteiger partial charge in [-0.1, -0.05) is 109 Å². The van der Waals surface area contributed by atoms with E-state index in [4.69, 9.17) is 0 Å². The first kappa shape index (κ1) is 20.6. The van der Waals surface area contributed by atoms with Crippen molar-refractivity contribution < 1.29 is 0 Å². The molecule has 0 saturated carbocycles. The van der Waals surface area contributed by atoms with E-state index in [9.17, 15) is 0 Å². The highest BCUT2D eigenvalue weighted by atomic mass is 32.1. The first-order chi connectivity index (χ1) is 16.3. The van der Waals surface area contributed by atoms with Crippen molar-refractivity contribution in [2.75, 3.05) is 0 Å². The highest BCUT2D eigenvalue weighted by molar-refractivity contribution is 7.13. The van der Waals surface area contributed by atoms with E-state index in [0.717, 1.165) is 20.9 Å². The Balaban J connectivity index is 1.26. The third kappa shape index (κ3) is 5.31. The molecule has 5 rings (SSSR count). The standard InChI is InChI=1S/C32H20S/c1-3-7-27(8-4-1)29-17-11-25(12-18-29)15-21-31-23-24-32(33-31)22-16-26-13-19-30(20-14-26)28-9-5-2-6-10-28/h1-14,17-20,23-24H. The molecule has 33 heavy (non-hydrogen) atoms. The van der Waals surface area contributed by atoms with E-state index >= 15 is 0 Å². The molecule has 0 nitrogen and oxygen atoms in total. The van der Waals surface area contributed by atoms with E-state index in [1.807, 2.05) is 24.3 Å². The molecule has 0 radical (unpaired) electrons. The molecule has 0 N–H and O–H groups in total. The van der Waals surface area contributed by atoms with Crippen LogP contribution >= 0.6 is 11.3 Å². The van der Waals surface area contributed by atoms with E-state index in [1.165, 1.54) is 22.3 Å². The minimum Gasteiger partial charge on any atom is -0.118 e. The van der Waals surface area contributed by atoms with Crippen LogP contribution in [0.2, 0.25) is 0 Å². The Morgan fingerprint density at radius 2 is 0.697 bits per heavy atom. The molecule has 4 aromatic carbocycles. The molecule has 0 aliphatic carbocycles. The van der Waals surface area contributed by atoms with Gasteiger partial charge in [-0.3, -0.25) is 0 Å². The normalized spacial score (nSPS) is 9.94. The van der Waals surface area contributed by atoms with Gasteiger partial charge in [-0.2, -0.15) is 0 Å². The van der Waals surface area contributed by atoms with E-state index in [0.29, 0.717) is 0 Å². The fourth-order valence-corrected chi connectivity index (χ4v) is 4.21. The fourth-order valence-electron chi connectivity index (χ4n) is 3.49. The lowest BCUT2D eigenvalue weighted by Gasteiger charge is -2.00. The average Bonchev–Trinajstić information content (AvgIpc) is 3.36. The minimum atomic E-state index is 1.01. The number of hydrogen-bond donors (Lipinski definition) is 0. The van der Waals surface area contributed by atoms with Crippen LogP contribution < -0.4 is 0 Å². The molecule has 1 aromatic heterocycles. The molecule has 0 bridgehead atoms. The van der Waals surface area contributed by atoms with Crippen LogP contribution in [0.3, 0.4) is 0 Å². The van der Waals surface area contributed by atoms with E-state index in [2.05, 4.69) is 121 Å². The van der Waals surface area contributed by atoms with Gasteiger partial charge in [0, 0.05) is 11.1 Å². The molecule has 154 valence electrons. The van der Waals surface area contributed by atoms with Crippen LogP contribution in [0.15, 0.2) is 121 Å². The lowest BCUT2D eigenvalue weighted by Crippen LogP contribution is -1.78. The number of rotatable bonds is 2. The maximum atomic E-state index is 3.27. The van der Waals surface area contributed by atoms with Gasteiger partial charge < -0.3 is 0 Å². The smallest absolute Gasteiger partial charge is 0.0785 e. The summed E-state index contributed by atoms with van der Waals surface area (Å²) in [6.07, 6.45) is 0. The van der Waals surface area contributed by atoms with Gasteiger partial charge in [0.25, 0.3) is 0 Å². The summed E-state index contributed by atoms with van der Waals surface area (Å²) in [6, 6.07) is 41.6. The molecule has 0 unspecified atom stereocenters. The predicted molar refractivity (Wildman–Crippen MR) is 140 cm³/mol. The monoisotopic (exact) mass is 436 g/mol. The summed E-state index contributed by atoms with van der Waals surface area (Å²) >= 11 is 1.62. The average molecular weight is 437 g/mol. The molecule has 1 heteroatoms. The molecule has 0 aliphatic heterocycles. The molecule has 0 amide bonds. The van der Waals surface area contributed by atoms with Gasteiger partial charge in [-0.15, -0.1) is 11.3 Å². The largest absolute Gasteiger partial charge is 0.118 e. The highest BCUT2D eigenvalue weighted by Crippen LogP contribution is 2.20. The first-order valence-electron chi connectivity index (χ1n) is 10.8. The molecule has 5 aromatic rings. The maximum absolute atomic E-state index is 3.27. The van der Waals surface area contributed by atoms with Gasteiger partial charge in [-0.25, -0.2) is 0 Å². The molecule has 0 atom stereocenters. The molecule has 1 heterocycles. The van der Waals surface area contributed by atoms with Gasteiger partial charge in [-0.05, 0) is 58.7 Å². The van der Waals surface area contributed by atoms with E-state index in [1.54, 1.807) is 11.3 Å². The lowest BCUT2D eigenvalue weighted by molar-refractivity contribution is 1.59. The molecule has 0 fully saturated rings. The van der Waals surface area contributed by atoms with Crippen LogP contribution in [0.1, 0.15) is 20.9 Å². The Morgan fingerprint density at radius 1 is 0.333 bits per heavy atom. The zero-order valence-electron chi connectivity index (χ0n) is 18.0. The maximum Gasteiger partial charge on any atom is 0.0785 e. The second-order valence-corrected chi connectivity index (χ2v) is 8.63.